The number of amides is 1. The highest BCUT2D eigenvalue weighted by atomic mass is 16.1. The summed E-state index contributed by atoms with van der Waals surface area (Å²) >= 11 is 0. The van der Waals surface area contributed by atoms with E-state index in [9.17, 15) is 4.79 Å². The number of hydrogen-bond acceptors (Lipinski definition) is 3. The highest BCUT2D eigenvalue weighted by Gasteiger charge is 2.17. The van der Waals surface area contributed by atoms with E-state index < -0.39 is 0 Å². The molecule has 1 atom stereocenters. The first kappa shape index (κ1) is 9.48. The number of nitrogens with two attached hydrogens (primary N) is 1. The molecule has 1 amide bonds. The molecule has 4 nitrogen and oxygen atoms in total. The second kappa shape index (κ2) is 4.42. The van der Waals surface area contributed by atoms with Crippen molar-refractivity contribution in [3.05, 3.63) is 0 Å². The second-order valence-corrected chi connectivity index (χ2v) is 3.31. The molecule has 0 saturated carbocycles. The van der Waals surface area contributed by atoms with Crippen LogP contribution in [0.2, 0.25) is 0 Å². The Morgan fingerprint density at radius 2 is 2.17 bits per heavy atom. The standard InChI is InChI=1S/C8H17N3O/c1-7(6-8(9)12)11-4-2-10-3-5-11/h7,10H,2-6H2,1H3,(H2,9,12). The van der Waals surface area contributed by atoms with E-state index in [-0.39, 0.29) is 5.91 Å². The van der Waals surface area contributed by atoms with E-state index >= 15 is 0 Å². The average Bonchev–Trinajstić information content (AvgIpc) is 2.05. The maximum atomic E-state index is 10.6. The van der Waals surface area contributed by atoms with Crippen LogP contribution in [0, 0.1) is 0 Å². The van der Waals surface area contributed by atoms with Gasteiger partial charge in [-0.15, -0.1) is 0 Å². The van der Waals surface area contributed by atoms with Crippen molar-refractivity contribution in [1.29, 1.82) is 0 Å². The SMILES string of the molecule is CC(CC(N)=O)N1CCNCC1. The van der Waals surface area contributed by atoms with Crippen LogP contribution in [0.25, 0.3) is 0 Å². The summed E-state index contributed by atoms with van der Waals surface area (Å²) in [5.74, 6) is -0.207. The third-order valence-corrected chi connectivity index (χ3v) is 2.27. The molecule has 12 heavy (non-hydrogen) atoms. The highest BCUT2D eigenvalue weighted by Crippen LogP contribution is 2.03. The monoisotopic (exact) mass is 171 g/mol. The Bertz CT molecular complexity index is 154. The summed E-state index contributed by atoms with van der Waals surface area (Å²) in [6.45, 7) is 6.13. The van der Waals surface area contributed by atoms with E-state index in [2.05, 4.69) is 17.1 Å². The number of carbonyl (C=O) groups excluding carboxylic acids is 1. The molecule has 70 valence electrons. The van der Waals surface area contributed by atoms with Crippen LogP contribution in [0.1, 0.15) is 13.3 Å². The predicted molar refractivity (Wildman–Crippen MR) is 47.7 cm³/mol. The fourth-order valence-electron chi connectivity index (χ4n) is 1.54. The molecule has 1 aliphatic rings. The van der Waals surface area contributed by atoms with Crippen LogP contribution < -0.4 is 11.1 Å². The van der Waals surface area contributed by atoms with E-state index in [1.54, 1.807) is 0 Å². The Labute approximate surface area is 73.1 Å². The summed E-state index contributed by atoms with van der Waals surface area (Å²) in [6.07, 6.45) is 0.472. The number of primary amides is 1. The minimum absolute atomic E-state index is 0.207. The van der Waals surface area contributed by atoms with Crippen molar-refractivity contribution in [2.45, 2.75) is 19.4 Å². The van der Waals surface area contributed by atoms with Crippen LogP contribution in [0.5, 0.6) is 0 Å². The van der Waals surface area contributed by atoms with Crippen LogP contribution in [-0.4, -0.2) is 43.0 Å². The van der Waals surface area contributed by atoms with E-state index in [1.807, 2.05) is 0 Å². The quantitative estimate of drug-likeness (QED) is 0.582. The lowest BCUT2D eigenvalue weighted by atomic mass is 10.2. The van der Waals surface area contributed by atoms with Crippen molar-refractivity contribution < 1.29 is 4.79 Å². The van der Waals surface area contributed by atoms with E-state index in [0.29, 0.717) is 12.5 Å². The van der Waals surface area contributed by atoms with Gasteiger partial charge in [0.05, 0.1) is 0 Å². The zero-order valence-electron chi connectivity index (χ0n) is 7.55. The van der Waals surface area contributed by atoms with Gasteiger partial charge in [0.15, 0.2) is 0 Å². The molecule has 3 N–H and O–H groups in total. The summed E-state index contributed by atoms with van der Waals surface area (Å²) < 4.78 is 0. The molecule has 0 aliphatic carbocycles. The van der Waals surface area contributed by atoms with E-state index in [0.717, 1.165) is 26.2 Å². The molecule has 0 aromatic heterocycles. The molecular formula is C8H17N3O. The lowest BCUT2D eigenvalue weighted by Crippen LogP contribution is -2.48. The van der Waals surface area contributed by atoms with Gasteiger partial charge in [0.1, 0.15) is 0 Å². The van der Waals surface area contributed by atoms with Crippen molar-refractivity contribution >= 4 is 5.91 Å². The van der Waals surface area contributed by atoms with Gasteiger partial charge in [-0.05, 0) is 6.92 Å². The van der Waals surface area contributed by atoms with E-state index in [1.165, 1.54) is 0 Å². The number of nitrogens with one attached hydrogen (secondary N) is 1. The molecule has 0 bridgehead atoms. The summed E-state index contributed by atoms with van der Waals surface area (Å²) in [5.41, 5.74) is 5.12. The Hall–Kier alpha value is -0.610. The molecule has 1 fully saturated rings. The molecule has 0 radical (unpaired) electrons. The number of nitrogens with zero attached hydrogens (tertiary/aromatic N) is 1. The molecule has 1 aliphatic heterocycles. The van der Waals surface area contributed by atoms with Gasteiger partial charge >= 0.3 is 0 Å². The van der Waals surface area contributed by atoms with Gasteiger partial charge in [-0.25, -0.2) is 0 Å². The largest absolute Gasteiger partial charge is 0.370 e. The topological polar surface area (TPSA) is 58.4 Å². The zero-order chi connectivity index (χ0) is 8.97. The van der Waals surface area contributed by atoms with E-state index in [4.69, 9.17) is 5.73 Å². The van der Waals surface area contributed by atoms with Crippen LogP contribution in [0.3, 0.4) is 0 Å². The second-order valence-electron chi connectivity index (χ2n) is 3.31. The molecule has 1 unspecified atom stereocenters. The Morgan fingerprint density at radius 3 is 2.67 bits per heavy atom. The zero-order valence-corrected chi connectivity index (χ0v) is 7.55. The maximum Gasteiger partial charge on any atom is 0.218 e. The fourth-order valence-corrected chi connectivity index (χ4v) is 1.54. The Morgan fingerprint density at radius 1 is 1.58 bits per heavy atom. The predicted octanol–water partition coefficient (Wildman–Crippen LogP) is -0.844. The maximum absolute atomic E-state index is 10.6. The molecule has 1 saturated heterocycles. The summed E-state index contributed by atoms with van der Waals surface area (Å²) in [4.78, 5) is 12.9. The lowest BCUT2D eigenvalue weighted by Gasteiger charge is -2.32. The van der Waals surface area contributed by atoms with Crippen molar-refractivity contribution in [3.8, 4) is 0 Å². The van der Waals surface area contributed by atoms with Gasteiger partial charge in [-0.1, -0.05) is 0 Å². The van der Waals surface area contributed by atoms with Gasteiger partial charge < -0.3 is 11.1 Å². The van der Waals surface area contributed by atoms with Crippen molar-refractivity contribution in [3.63, 3.8) is 0 Å². The molecule has 0 spiro atoms. The van der Waals surface area contributed by atoms with Crippen LogP contribution in [0.4, 0.5) is 0 Å². The number of hydrogen-bond donors (Lipinski definition) is 2. The number of carbonyl (C=O) groups is 1. The minimum Gasteiger partial charge on any atom is -0.370 e. The summed E-state index contributed by atoms with van der Waals surface area (Å²) in [5, 5.41) is 3.27. The van der Waals surface area contributed by atoms with Crippen LogP contribution >= 0.6 is 0 Å². The number of rotatable bonds is 3. The van der Waals surface area contributed by atoms with Crippen molar-refractivity contribution in [2.75, 3.05) is 26.2 Å². The van der Waals surface area contributed by atoms with Crippen LogP contribution in [-0.2, 0) is 4.79 Å². The van der Waals surface area contributed by atoms with Gasteiger partial charge in [0.25, 0.3) is 0 Å². The van der Waals surface area contributed by atoms with Crippen LogP contribution in [0.15, 0.2) is 0 Å². The Kier molecular flexibility index (Phi) is 3.49. The summed E-state index contributed by atoms with van der Waals surface area (Å²) in [7, 11) is 0. The average molecular weight is 171 g/mol. The first-order valence-electron chi connectivity index (χ1n) is 4.43. The molecule has 0 aromatic carbocycles. The normalized spacial score (nSPS) is 22.1. The first-order chi connectivity index (χ1) is 5.70. The third kappa shape index (κ3) is 2.79. The lowest BCUT2D eigenvalue weighted by molar-refractivity contribution is -0.119. The fraction of sp³-hybridized carbons (Fsp3) is 0.875. The third-order valence-electron chi connectivity index (χ3n) is 2.27. The smallest absolute Gasteiger partial charge is 0.218 e. The molecule has 1 heterocycles. The van der Waals surface area contributed by atoms with Crippen molar-refractivity contribution in [2.24, 2.45) is 5.73 Å². The first-order valence-corrected chi connectivity index (χ1v) is 4.43. The molecular weight excluding hydrogens is 154 g/mol. The van der Waals surface area contributed by atoms with Gasteiger partial charge in [-0.3, -0.25) is 9.69 Å². The highest BCUT2D eigenvalue weighted by molar-refractivity contribution is 5.74. The van der Waals surface area contributed by atoms with Crippen molar-refractivity contribution in [1.82, 2.24) is 10.2 Å². The molecule has 0 aromatic rings. The molecule has 4 heteroatoms. The molecule has 1 rings (SSSR count). The minimum atomic E-state index is -0.207. The summed E-state index contributed by atoms with van der Waals surface area (Å²) in [6, 6.07) is 0.296. The van der Waals surface area contributed by atoms with Gasteiger partial charge in [0, 0.05) is 38.6 Å². The van der Waals surface area contributed by atoms with Gasteiger partial charge in [-0.2, -0.15) is 0 Å². The Balaban J connectivity index is 2.29. The number of piperazine rings is 1. The van der Waals surface area contributed by atoms with Gasteiger partial charge in [0.2, 0.25) is 5.91 Å².